The summed E-state index contributed by atoms with van der Waals surface area (Å²) < 4.78 is 10.3. The standard InChI is InChI=1S/C16H17NO5/c1-9(18)17-12-8-11(13(17)16(20)21-2)14(12)22-15(19)10-6-4-3-5-7-10/h3-7,11-14H,8H2,1-2H3/t11-,12-,13-,14+/m0/s1. The van der Waals surface area contributed by atoms with Crippen molar-refractivity contribution in [3.8, 4) is 0 Å². The molecular weight excluding hydrogens is 286 g/mol. The van der Waals surface area contributed by atoms with E-state index in [1.54, 1.807) is 24.3 Å². The van der Waals surface area contributed by atoms with Gasteiger partial charge in [0.1, 0.15) is 12.1 Å². The smallest absolute Gasteiger partial charge is 0.338 e. The molecule has 1 amide bonds. The van der Waals surface area contributed by atoms with Crippen LogP contribution in [-0.2, 0) is 19.1 Å². The fraction of sp³-hybridized carbons (Fsp3) is 0.438. The third kappa shape index (κ3) is 2.15. The number of amides is 1. The first-order valence-corrected chi connectivity index (χ1v) is 7.17. The van der Waals surface area contributed by atoms with E-state index in [2.05, 4.69) is 0 Å². The quantitative estimate of drug-likeness (QED) is 0.779. The molecule has 0 spiro atoms. The average molecular weight is 303 g/mol. The SMILES string of the molecule is COC(=O)[C@@H]1[C@@H]2C[C@@H]([C@@H]2OC(=O)c2ccccc2)N1C(C)=O. The zero-order chi connectivity index (χ0) is 15.9. The summed E-state index contributed by atoms with van der Waals surface area (Å²) >= 11 is 0. The molecule has 0 aromatic heterocycles. The molecule has 0 radical (unpaired) electrons. The summed E-state index contributed by atoms with van der Waals surface area (Å²) in [7, 11) is 1.29. The van der Waals surface area contributed by atoms with Crippen LogP contribution >= 0.6 is 0 Å². The maximum atomic E-state index is 12.1. The van der Waals surface area contributed by atoms with Crippen molar-refractivity contribution in [2.24, 2.45) is 5.92 Å². The van der Waals surface area contributed by atoms with E-state index in [4.69, 9.17) is 9.47 Å². The largest absolute Gasteiger partial charge is 0.467 e. The number of carbonyl (C=O) groups is 3. The minimum Gasteiger partial charge on any atom is -0.467 e. The van der Waals surface area contributed by atoms with Crippen molar-refractivity contribution in [2.45, 2.75) is 31.5 Å². The second-order valence-electron chi connectivity index (χ2n) is 5.60. The van der Waals surface area contributed by atoms with Crippen LogP contribution in [-0.4, -0.2) is 48.0 Å². The van der Waals surface area contributed by atoms with E-state index in [0.29, 0.717) is 12.0 Å². The summed E-state index contributed by atoms with van der Waals surface area (Å²) in [6.07, 6.45) is 0.215. The maximum absolute atomic E-state index is 12.1. The molecule has 2 bridgehead atoms. The molecule has 2 aliphatic heterocycles. The number of esters is 2. The van der Waals surface area contributed by atoms with Gasteiger partial charge >= 0.3 is 11.9 Å². The van der Waals surface area contributed by atoms with Gasteiger partial charge in [0.05, 0.1) is 18.7 Å². The molecule has 1 aromatic rings. The van der Waals surface area contributed by atoms with E-state index in [9.17, 15) is 14.4 Å². The summed E-state index contributed by atoms with van der Waals surface area (Å²) in [5.74, 6) is -1.29. The number of benzene rings is 1. The Bertz CT molecular complexity index is 614. The van der Waals surface area contributed by atoms with Crippen LogP contribution < -0.4 is 0 Å². The van der Waals surface area contributed by atoms with Crippen molar-refractivity contribution in [2.75, 3.05) is 7.11 Å². The molecule has 3 aliphatic rings. The Hall–Kier alpha value is -2.37. The van der Waals surface area contributed by atoms with Crippen molar-refractivity contribution >= 4 is 17.8 Å². The van der Waals surface area contributed by atoms with Crippen LogP contribution in [0.3, 0.4) is 0 Å². The number of rotatable bonds is 3. The van der Waals surface area contributed by atoms with Crippen LogP contribution in [0, 0.1) is 5.92 Å². The van der Waals surface area contributed by atoms with Crippen molar-refractivity contribution in [1.29, 1.82) is 0 Å². The number of fused-ring (bicyclic) bond motifs is 1. The van der Waals surface area contributed by atoms with Gasteiger partial charge in [0, 0.05) is 12.8 Å². The molecule has 2 heterocycles. The first-order chi connectivity index (χ1) is 10.5. The van der Waals surface area contributed by atoms with E-state index >= 15 is 0 Å². The van der Waals surface area contributed by atoms with E-state index in [1.807, 2.05) is 6.07 Å². The van der Waals surface area contributed by atoms with Crippen molar-refractivity contribution in [3.05, 3.63) is 35.9 Å². The molecule has 116 valence electrons. The highest BCUT2D eigenvalue weighted by Gasteiger charge is 2.64. The van der Waals surface area contributed by atoms with Gasteiger partial charge in [0.25, 0.3) is 0 Å². The van der Waals surface area contributed by atoms with Crippen LogP contribution in [0.5, 0.6) is 0 Å². The average Bonchev–Trinajstić information content (AvgIpc) is 3.06. The maximum Gasteiger partial charge on any atom is 0.338 e. The second-order valence-corrected chi connectivity index (χ2v) is 5.60. The lowest BCUT2D eigenvalue weighted by molar-refractivity contribution is -0.150. The highest BCUT2D eigenvalue weighted by molar-refractivity contribution is 5.90. The van der Waals surface area contributed by atoms with Gasteiger partial charge in [0.2, 0.25) is 5.91 Å². The van der Waals surface area contributed by atoms with Crippen molar-refractivity contribution in [3.63, 3.8) is 0 Å². The van der Waals surface area contributed by atoms with E-state index in [0.717, 1.165) is 0 Å². The Balaban J connectivity index is 1.76. The number of carbonyl (C=O) groups excluding carboxylic acids is 3. The van der Waals surface area contributed by atoms with Crippen LogP contribution in [0.15, 0.2) is 30.3 Å². The highest BCUT2D eigenvalue weighted by Crippen LogP contribution is 2.48. The molecule has 3 fully saturated rings. The van der Waals surface area contributed by atoms with Gasteiger partial charge in [-0.1, -0.05) is 18.2 Å². The van der Waals surface area contributed by atoms with E-state index < -0.39 is 24.1 Å². The van der Waals surface area contributed by atoms with Gasteiger partial charge in [-0.05, 0) is 18.6 Å². The summed E-state index contributed by atoms with van der Waals surface area (Å²) in [6, 6.07) is 7.78. The number of hydrogen-bond donors (Lipinski definition) is 0. The second kappa shape index (κ2) is 5.44. The molecule has 0 unspecified atom stereocenters. The Labute approximate surface area is 128 Å². The zero-order valence-electron chi connectivity index (χ0n) is 12.4. The molecule has 6 heteroatoms. The van der Waals surface area contributed by atoms with Crippen molar-refractivity contribution in [1.82, 2.24) is 4.90 Å². The van der Waals surface area contributed by atoms with Crippen LogP contribution in [0.4, 0.5) is 0 Å². The van der Waals surface area contributed by atoms with Gasteiger partial charge in [-0.15, -0.1) is 0 Å². The lowest BCUT2D eigenvalue weighted by Gasteiger charge is -2.35. The predicted molar refractivity (Wildman–Crippen MR) is 75.9 cm³/mol. The van der Waals surface area contributed by atoms with Crippen LogP contribution in [0.1, 0.15) is 23.7 Å². The number of ether oxygens (including phenoxy) is 2. The van der Waals surface area contributed by atoms with Gasteiger partial charge in [-0.2, -0.15) is 0 Å². The lowest BCUT2D eigenvalue weighted by Crippen LogP contribution is -2.47. The van der Waals surface area contributed by atoms with Crippen molar-refractivity contribution < 1.29 is 23.9 Å². The number of methoxy groups -OCH3 is 1. The van der Waals surface area contributed by atoms with E-state index in [1.165, 1.54) is 18.9 Å². The summed E-state index contributed by atoms with van der Waals surface area (Å²) in [4.78, 5) is 37.3. The Morgan fingerprint density at radius 1 is 1.18 bits per heavy atom. The molecule has 2 saturated heterocycles. The molecule has 4 rings (SSSR count). The lowest BCUT2D eigenvalue weighted by atomic mass is 9.79. The molecule has 0 N–H and O–H groups in total. The third-order valence-electron chi connectivity index (χ3n) is 4.44. The zero-order valence-corrected chi connectivity index (χ0v) is 12.4. The molecular formula is C16H17NO5. The first kappa shape index (κ1) is 14.6. The van der Waals surface area contributed by atoms with Crippen LogP contribution in [0.25, 0.3) is 0 Å². The fourth-order valence-electron chi connectivity index (χ4n) is 3.40. The summed E-state index contributed by atoms with van der Waals surface area (Å²) in [5.41, 5.74) is 0.456. The molecule has 4 atom stereocenters. The molecule has 1 aromatic carbocycles. The molecule has 22 heavy (non-hydrogen) atoms. The molecule has 1 saturated carbocycles. The molecule has 6 nitrogen and oxygen atoms in total. The number of hydrogen-bond acceptors (Lipinski definition) is 5. The predicted octanol–water partition coefficient (Wildman–Crippen LogP) is 1.00. The minimum atomic E-state index is -0.652. The third-order valence-corrected chi connectivity index (χ3v) is 4.44. The summed E-state index contributed by atoms with van der Waals surface area (Å²) in [6.45, 7) is 1.41. The van der Waals surface area contributed by atoms with Gasteiger partial charge < -0.3 is 14.4 Å². The Kier molecular flexibility index (Phi) is 3.60. The Morgan fingerprint density at radius 2 is 1.86 bits per heavy atom. The van der Waals surface area contributed by atoms with Gasteiger partial charge in [-0.25, -0.2) is 9.59 Å². The fourth-order valence-corrected chi connectivity index (χ4v) is 3.40. The normalized spacial score (nSPS) is 28.7. The van der Waals surface area contributed by atoms with Gasteiger partial charge in [-0.3, -0.25) is 4.79 Å². The monoisotopic (exact) mass is 303 g/mol. The van der Waals surface area contributed by atoms with Crippen LogP contribution in [0.2, 0.25) is 0 Å². The summed E-state index contributed by atoms with van der Waals surface area (Å²) in [5, 5.41) is 0. The first-order valence-electron chi connectivity index (χ1n) is 7.17. The Morgan fingerprint density at radius 3 is 2.45 bits per heavy atom. The minimum absolute atomic E-state index is 0.186. The highest BCUT2D eigenvalue weighted by atomic mass is 16.6. The topological polar surface area (TPSA) is 72.9 Å². The molecule has 1 aliphatic carbocycles. The van der Waals surface area contributed by atoms with E-state index in [-0.39, 0.29) is 17.9 Å². The number of nitrogens with zero attached hydrogens (tertiary/aromatic N) is 1. The van der Waals surface area contributed by atoms with Gasteiger partial charge in [0.15, 0.2) is 0 Å².